The van der Waals surface area contributed by atoms with E-state index in [9.17, 15) is 22.9 Å². The second-order valence-electron chi connectivity index (χ2n) is 8.05. The molecule has 0 aromatic heterocycles. The van der Waals surface area contributed by atoms with Gasteiger partial charge in [-0.1, -0.05) is 18.2 Å². The summed E-state index contributed by atoms with van der Waals surface area (Å²) in [6, 6.07) is 5.95. The van der Waals surface area contributed by atoms with E-state index in [2.05, 4.69) is 4.72 Å². The highest BCUT2D eigenvalue weighted by atomic mass is 32.2. The van der Waals surface area contributed by atoms with Crippen molar-refractivity contribution >= 4 is 16.7 Å². The quantitative estimate of drug-likeness (QED) is 0.585. The van der Waals surface area contributed by atoms with Crippen molar-refractivity contribution in [3.8, 4) is 11.1 Å². The molecular formula is C21H23F3N3O3S-. The van der Waals surface area contributed by atoms with Gasteiger partial charge in [-0.25, -0.2) is 13.2 Å². The van der Waals surface area contributed by atoms with Gasteiger partial charge in [0.25, 0.3) is 5.91 Å². The number of aliphatic hydroxyl groups is 1. The number of rotatable bonds is 6. The van der Waals surface area contributed by atoms with Crippen LogP contribution in [0.3, 0.4) is 0 Å². The normalized spacial score (nSPS) is 19.3. The minimum absolute atomic E-state index is 0.00263. The predicted octanol–water partition coefficient (Wildman–Crippen LogP) is 3.28. The van der Waals surface area contributed by atoms with Gasteiger partial charge in [-0.05, 0) is 49.9 Å². The monoisotopic (exact) mass is 454 g/mol. The van der Waals surface area contributed by atoms with E-state index in [1.165, 1.54) is 30.9 Å². The number of hydrogen-bond acceptors (Lipinski definition) is 5. The van der Waals surface area contributed by atoms with E-state index in [4.69, 9.17) is 4.78 Å². The van der Waals surface area contributed by atoms with Crippen molar-refractivity contribution in [1.29, 1.82) is 4.78 Å². The fraction of sp³-hybridized carbons (Fsp3) is 0.381. The van der Waals surface area contributed by atoms with Gasteiger partial charge in [-0.3, -0.25) is 4.79 Å². The molecule has 1 aliphatic rings. The number of benzene rings is 2. The van der Waals surface area contributed by atoms with Gasteiger partial charge in [0.15, 0.2) is 0 Å². The Balaban J connectivity index is 1.98. The maximum Gasteiger partial charge on any atom is 0.254 e. The van der Waals surface area contributed by atoms with Gasteiger partial charge in [0.05, 0.1) is 0 Å². The molecular weight excluding hydrogens is 431 g/mol. The Kier molecular flexibility index (Phi) is 6.73. The molecule has 0 radical (unpaired) electrons. The molecule has 1 aliphatic heterocycles. The molecule has 0 spiro atoms. The van der Waals surface area contributed by atoms with E-state index in [0.717, 1.165) is 12.1 Å². The largest absolute Gasteiger partial charge is 0.430 e. The Labute approximate surface area is 180 Å². The van der Waals surface area contributed by atoms with Crippen molar-refractivity contribution in [3.05, 3.63) is 59.4 Å². The summed E-state index contributed by atoms with van der Waals surface area (Å²) in [5, 5.41) is 10.1. The molecule has 2 aromatic carbocycles. The van der Waals surface area contributed by atoms with Crippen molar-refractivity contribution in [2.75, 3.05) is 6.54 Å². The zero-order chi connectivity index (χ0) is 22.9. The molecule has 1 saturated heterocycles. The Bertz CT molecular complexity index is 1040. The molecule has 2 atom stereocenters. The van der Waals surface area contributed by atoms with Gasteiger partial charge in [-0.2, -0.15) is 0 Å². The molecule has 31 heavy (non-hydrogen) atoms. The number of carbonyl (C=O) groups is 1. The average molecular weight is 454 g/mol. The molecule has 0 saturated carbocycles. The standard InChI is InChI=1S/C21H23F3N3O3S/c1-21(2,29)20(28)27-7-6-17(26-31(25)30)18(27)10-12-4-3-5-16(19(12)24)13-8-14(22)11-15(23)9-13/h3-5,8-9,11,17-18,29H,6-7,10H2,1-2H3,(H2,25,26,30)/q-1. The second kappa shape index (κ2) is 8.97. The summed E-state index contributed by atoms with van der Waals surface area (Å²) >= 11 is 0. The van der Waals surface area contributed by atoms with Crippen LogP contribution in [0.1, 0.15) is 25.8 Å². The third-order valence-electron chi connectivity index (χ3n) is 5.27. The summed E-state index contributed by atoms with van der Waals surface area (Å²) in [5.74, 6) is -2.93. The first-order valence-corrected chi connectivity index (χ1v) is 10.8. The van der Waals surface area contributed by atoms with Crippen LogP contribution in [0.2, 0.25) is 0 Å². The minimum atomic E-state index is -2.11. The topological polar surface area (TPSA) is 93.5 Å². The smallest absolute Gasteiger partial charge is 0.254 e. The summed E-state index contributed by atoms with van der Waals surface area (Å²) in [4.78, 5) is 14.1. The van der Waals surface area contributed by atoms with Crippen LogP contribution in [0.25, 0.3) is 11.1 Å². The Morgan fingerprint density at radius 1 is 1.26 bits per heavy atom. The first-order chi connectivity index (χ1) is 14.5. The lowest BCUT2D eigenvalue weighted by molar-refractivity contribution is -0.148. The van der Waals surface area contributed by atoms with Gasteiger partial charge < -0.3 is 23.7 Å². The first kappa shape index (κ1) is 23.2. The highest BCUT2D eigenvalue weighted by Gasteiger charge is 2.41. The molecule has 1 heterocycles. The maximum absolute atomic E-state index is 15.3. The molecule has 0 aliphatic carbocycles. The first-order valence-electron chi connectivity index (χ1n) is 9.64. The summed E-state index contributed by atoms with van der Waals surface area (Å²) in [6.07, 6.45) is 0.363. The van der Waals surface area contributed by atoms with Gasteiger partial charge in [0, 0.05) is 30.3 Å². The van der Waals surface area contributed by atoms with Crippen molar-refractivity contribution in [3.63, 3.8) is 0 Å². The number of halogens is 3. The van der Waals surface area contributed by atoms with Crippen LogP contribution in [0.15, 0.2) is 36.4 Å². The van der Waals surface area contributed by atoms with Gasteiger partial charge >= 0.3 is 0 Å². The van der Waals surface area contributed by atoms with Crippen LogP contribution in [-0.2, 0) is 26.2 Å². The number of likely N-dealkylation sites (tertiary alicyclic amines) is 1. The molecule has 10 heteroatoms. The molecule has 1 fully saturated rings. The zero-order valence-electron chi connectivity index (χ0n) is 17.0. The average Bonchev–Trinajstić information content (AvgIpc) is 3.02. The van der Waals surface area contributed by atoms with Crippen LogP contribution in [0, 0.1) is 22.2 Å². The fourth-order valence-electron chi connectivity index (χ4n) is 3.88. The van der Waals surface area contributed by atoms with Crippen LogP contribution < -0.4 is 4.72 Å². The lowest BCUT2D eigenvalue weighted by atomic mass is 9.95. The molecule has 2 aromatic rings. The van der Waals surface area contributed by atoms with Crippen molar-refractivity contribution in [2.24, 2.45) is 0 Å². The van der Waals surface area contributed by atoms with E-state index < -0.39 is 51.8 Å². The summed E-state index contributed by atoms with van der Waals surface area (Å²) in [7, 11) is -2.11. The van der Waals surface area contributed by atoms with E-state index in [-0.39, 0.29) is 29.7 Å². The fourth-order valence-corrected chi connectivity index (χ4v) is 4.43. The van der Waals surface area contributed by atoms with Crippen molar-refractivity contribution < 1.29 is 27.3 Å². The van der Waals surface area contributed by atoms with E-state index in [0.29, 0.717) is 12.5 Å². The molecule has 168 valence electrons. The van der Waals surface area contributed by atoms with Crippen molar-refractivity contribution in [1.82, 2.24) is 9.62 Å². The molecule has 2 unspecified atom stereocenters. The lowest BCUT2D eigenvalue weighted by Gasteiger charge is -2.33. The molecule has 3 N–H and O–H groups in total. The van der Waals surface area contributed by atoms with Crippen LogP contribution in [0.4, 0.5) is 13.2 Å². The molecule has 0 bridgehead atoms. The number of nitrogens with one attached hydrogen (secondary N) is 2. The Morgan fingerprint density at radius 3 is 2.48 bits per heavy atom. The van der Waals surface area contributed by atoms with Gasteiger partial charge in [-0.15, -0.1) is 10.8 Å². The third kappa shape index (κ3) is 5.25. The number of nitrogens with zero attached hydrogens (tertiary/aromatic N) is 1. The number of hydrogen-bond donors (Lipinski definition) is 3. The summed E-state index contributed by atoms with van der Waals surface area (Å²) in [5.41, 5.74) is -1.44. The molecule has 6 nitrogen and oxygen atoms in total. The van der Waals surface area contributed by atoms with Gasteiger partial charge in [0.2, 0.25) is 0 Å². The Hall–Kier alpha value is -2.43. The molecule has 3 rings (SSSR count). The number of carbonyl (C=O) groups excluding carboxylic acids is 1. The minimum Gasteiger partial charge on any atom is -0.430 e. The highest BCUT2D eigenvalue weighted by molar-refractivity contribution is 7.71. The zero-order valence-corrected chi connectivity index (χ0v) is 17.8. The molecule has 1 amide bonds. The summed E-state index contributed by atoms with van der Waals surface area (Å²) in [6.45, 7) is 2.92. The Morgan fingerprint density at radius 2 is 1.90 bits per heavy atom. The number of amides is 1. The maximum atomic E-state index is 15.3. The SMILES string of the molecule is CC(C)(O)C(=O)N1CCC(N[S-](=N)=O)C1Cc1cccc(-c2cc(F)cc(F)c2)c1F. The van der Waals surface area contributed by atoms with Crippen LogP contribution in [-0.4, -0.2) is 40.1 Å². The van der Waals surface area contributed by atoms with Gasteiger partial charge in [0.1, 0.15) is 23.1 Å². The van der Waals surface area contributed by atoms with Crippen molar-refractivity contribution in [2.45, 2.75) is 44.4 Å². The van der Waals surface area contributed by atoms with Crippen LogP contribution >= 0.6 is 0 Å². The summed E-state index contributed by atoms with van der Waals surface area (Å²) < 4.78 is 63.8. The third-order valence-corrected chi connectivity index (χ3v) is 5.79. The lowest BCUT2D eigenvalue weighted by Crippen LogP contribution is -2.51. The highest BCUT2D eigenvalue weighted by Crippen LogP contribution is 2.30. The van der Waals surface area contributed by atoms with Crippen LogP contribution in [0.5, 0.6) is 0 Å². The second-order valence-corrected chi connectivity index (χ2v) is 8.82. The predicted molar refractivity (Wildman–Crippen MR) is 110 cm³/mol. The van der Waals surface area contributed by atoms with E-state index in [1.54, 1.807) is 6.07 Å². The van der Waals surface area contributed by atoms with E-state index >= 15 is 4.39 Å². The van der Waals surface area contributed by atoms with E-state index in [1.807, 2.05) is 0 Å².